The van der Waals surface area contributed by atoms with Crippen LogP contribution in [0.25, 0.3) is 10.1 Å². The second-order valence-electron chi connectivity index (χ2n) is 5.95. The number of hydrogen-bond donors (Lipinski definition) is 0. The van der Waals surface area contributed by atoms with Crippen molar-refractivity contribution in [2.24, 2.45) is 5.92 Å². The van der Waals surface area contributed by atoms with E-state index < -0.39 is 0 Å². The number of fused-ring (bicyclic) bond motifs is 1. The van der Waals surface area contributed by atoms with Gasteiger partial charge in [0.15, 0.2) is 0 Å². The Morgan fingerprint density at radius 1 is 1.17 bits per heavy atom. The molecular weight excluding hydrogens is 306 g/mol. The fourth-order valence-electron chi connectivity index (χ4n) is 3.01. The number of aromatic nitrogens is 2. The molecule has 3 heterocycles. The normalized spacial score (nSPS) is 15.9. The molecular formula is C18H19N3OS. The number of rotatable bonds is 4. The second-order valence-corrected chi connectivity index (χ2v) is 6.79. The van der Waals surface area contributed by atoms with E-state index in [-0.39, 0.29) is 0 Å². The molecule has 1 aliphatic rings. The quantitative estimate of drug-likeness (QED) is 0.727. The molecule has 0 unspecified atom stereocenters. The van der Waals surface area contributed by atoms with Crippen molar-refractivity contribution >= 4 is 27.4 Å². The van der Waals surface area contributed by atoms with Crippen LogP contribution in [0.1, 0.15) is 12.8 Å². The third-order valence-electron chi connectivity index (χ3n) is 4.40. The largest absolute Gasteiger partial charge is 0.493 e. The SMILES string of the molecule is c1ccc(N2CCC(COc3ccc4cnsc4c3)CC2)nc1. The molecule has 0 saturated carbocycles. The van der Waals surface area contributed by atoms with Crippen molar-refractivity contribution in [1.29, 1.82) is 0 Å². The van der Waals surface area contributed by atoms with Gasteiger partial charge in [-0.15, -0.1) is 0 Å². The highest BCUT2D eigenvalue weighted by molar-refractivity contribution is 7.13. The number of benzene rings is 1. The average Bonchev–Trinajstić information content (AvgIpc) is 3.09. The van der Waals surface area contributed by atoms with Gasteiger partial charge in [0.2, 0.25) is 0 Å². The summed E-state index contributed by atoms with van der Waals surface area (Å²) in [6.07, 6.45) is 6.07. The number of piperidine rings is 1. The van der Waals surface area contributed by atoms with E-state index in [9.17, 15) is 0 Å². The molecule has 0 aliphatic carbocycles. The lowest BCUT2D eigenvalue weighted by Gasteiger charge is -2.32. The smallest absolute Gasteiger partial charge is 0.128 e. The van der Waals surface area contributed by atoms with Crippen LogP contribution in [0.3, 0.4) is 0 Å². The Balaban J connectivity index is 1.31. The van der Waals surface area contributed by atoms with Crippen LogP contribution < -0.4 is 9.64 Å². The summed E-state index contributed by atoms with van der Waals surface area (Å²) >= 11 is 1.52. The molecule has 1 aliphatic heterocycles. The number of nitrogens with zero attached hydrogens (tertiary/aromatic N) is 3. The Labute approximate surface area is 139 Å². The van der Waals surface area contributed by atoms with Gasteiger partial charge in [0, 0.05) is 30.9 Å². The van der Waals surface area contributed by atoms with Crippen molar-refractivity contribution < 1.29 is 4.74 Å². The van der Waals surface area contributed by atoms with Crippen molar-refractivity contribution in [1.82, 2.24) is 9.36 Å². The van der Waals surface area contributed by atoms with Crippen LogP contribution >= 0.6 is 11.5 Å². The first-order valence-electron chi connectivity index (χ1n) is 8.02. The van der Waals surface area contributed by atoms with Gasteiger partial charge >= 0.3 is 0 Å². The summed E-state index contributed by atoms with van der Waals surface area (Å²) < 4.78 is 11.4. The molecule has 0 spiro atoms. The maximum atomic E-state index is 6.01. The van der Waals surface area contributed by atoms with E-state index in [4.69, 9.17) is 4.74 Å². The molecule has 0 amide bonds. The van der Waals surface area contributed by atoms with Crippen molar-refractivity contribution in [3.63, 3.8) is 0 Å². The number of anilines is 1. The van der Waals surface area contributed by atoms with Gasteiger partial charge in [-0.2, -0.15) is 4.37 Å². The van der Waals surface area contributed by atoms with Crippen molar-refractivity contribution in [3.8, 4) is 5.75 Å². The van der Waals surface area contributed by atoms with Gasteiger partial charge in [-0.3, -0.25) is 0 Å². The standard InChI is InChI=1S/C18H19N3OS/c1-2-8-19-18(3-1)21-9-6-14(7-10-21)13-22-16-5-4-15-12-20-23-17(15)11-16/h1-5,8,11-12,14H,6-7,9-10,13H2. The molecule has 1 aromatic carbocycles. The molecule has 1 saturated heterocycles. The molecule has 118 valence electrons. The van der Waals surface area contributed by atoms with Crippen molar-refractivity contribution in [2.45, 2.75) is 12.8 Å². The molecule has 1 fully saturated rings. The zero-order chi connectivity index (χ0) is 15.5. The summed E-state index contributed by atoms with van der Waals surface area (Å²) in [4.78, 5) is 6.80. The number of hydrogen-bond acceptors (Lipinski definition) is 5. The highest BCUT2D eigenvalue weighted by atomic mass is 32.1. The van der Waals surface area contributed by atoms with Crippen LogP contribution in [0.2, 0.25) is 0 Å². The number of pyridine rings is 1. The van der Waals surface area contributed by atoms with E-state index >= 15 is 0 Å². The zero-order valence-electron chi connectivity index (χ0n) is 12.9. The maximum Gasteiger partial charge on any atom is 0.128 e. The molecule has 4 rings (SSSR count). The molecule has 0 N–H and O–H groups in total. The first kappa shape index (κ1) is 14.5. The minimum Gasteiger partial charge on any atom is -0.493 e. The van der Waals surface area contributed by atoms with Gasteiger partial charge in [0.25, 0.3) is 0 Å². The minimum absolute atomic E-state index is 0.618. The Kier molecular flexibility index (Phi) is 4.11. The van der Waals surface area contributed by atoms with Crippen LogP contribution in [-0.4, -0.2) is 29.1 Å². The van der Waals surface area contributed by atoms with Crippen molar-refractivity contribution in [3.05, 3.63) is 48.8 Å². The van der Waals surface area contributed by atoms with Crippen molar-refractivity contribution in [2.75, 3.05) is 24.6 Å². The lowest BCUT2D eigenvalue weighted by atomic mass is 9.98. The maximum absolute atomic E-state index is 6.01. The first-order chi connectivity index (χ1) is 11.4. The van der Waals surface area contributed by atoms with Gasteiger partial charge < -0.3 is 9.64 Å². The summed E-state index contributed by atoms with van der Waals surface area (Å²) in [5.74, 6) is 2.66. The fourth-order valence-corrected chi connectivity index (χ4v) is 3.69. The Morgan fingerprint density at radius 2 is 2.09 bits per heavy atom. The second kappa shape index (κ2) is 6.54. The topological polar surface area (TPSA) is 38.2 Å². The van der Waals surface area contributed by atoms with Crippen LogP contribution in [-0.2, 0) is 0 Å². The molecule has 0 radical (unpaired) electrons. The molecule has 4 nitrogen and oxygen atoms in total. The predicted octanol–water partition coefficient (Wildman–Crippen LogP) is 3.99. The van der Waals surface area contributed by atoms with E-state index in [0.29, 0.717) is 5.92 Å². The van der Waals surface area contributed by atoms with Crippen LogP contribution in [0.4, 0.5) is 5.82 Å². The average molecular weight is 325 g/mol. The van der Waals surface area contributed by atoms with Crippen LogP contribution in [0.5, 0.6) is 5.75 Å². The Morgan fingerprint density at radius 3 is 2.91 bits per heavy atom. The molecule has 0 atom stereocenters. The van der Waals surface area contributed by atoms with E-state index in [1.54, 1.807) is 0 Å². The monoisotopic (exact) mass is 325 g/mol. The molecule has 2 aromatic heterocycles. The molecule has 3 aromatic rings. The summed E-state index contributed by atoms with van der Waals surface area (Å²) in [5.41, 5.74) is 0. The minimum atomic E-state index is 0.618. The van der Waals surface area contributed by atoms with Gasteiger partial charge in [-0.1, -0.05) is 6.07 Å². The van der Waals surface area contributed by atoms with Gasteiger partial charge in [-0.25, -0.2) is 4.98 Å². The fraction of sp³-hybridized carbons (Fsp3) is 0.333. The van der Waals surface area contributed by atoms with Gasteiger partial charge in [0.05, 0.1) is 11.3 Å². The van der Waals surface area contributed by atoms with Crippen LogP contribution in [0, 0.1) is 5.92 Å². The van der Waals surface area contributed by atoms with E-state index in [2.05, 4.69) is 32.5 Å². The van der Waals surface area contributed by atoms with E-state index in [0.717, 1.165) is 44.1 Å². The Hall–Kier alpha value is -2.14. The summed E-state index contributed by atoms with van der Waals surface area (Å²) in [6, 6.07) is 12.3. The highest BCUT2D eigenvalue weighted by Crippen LogP contribution is 2.26. The van der Waals surface area contributed by atoms with Gasteiger partial charge in [0.1, 0.15) is 11.6 Å². The van der Waals surface area contributed by atoms with Crippen LogP contribution in [0.15, 0.2) is 48.8 Å². The summed E-state index contributed by atoms with van der Waals surface area (Å²) in [7, 11) is 0. The lowest BCUT2D eigenvalue weighted by Crippen LogP contribution is -2.35. The highest BCUT2D eigenvalue weighted by Gasteiger charge is 2.20. The Bertz CT molecular complexity index is 766. The molecule has 23 heavy (non-hydrogen) atoms. The first-order valence-corrected chi connectivity index (χ1v) is 8.79. The summed E-state index contributed by atoms with van der Waals surface area (Å²) in [5, 5.41) is 1.19. The predicted molar refractivity (Wildman–Crippen MR) is 94.3 cm³/mol. The lowest BCUT2D eigenvalue weighted by molar-refractivity contribution is 0.223. The number of ether oxygens (including phenoxy) is 1. The van der Waals surface area contributed by atoms with E-state index in [1.807, 2.05) is 30.6 Å². The summed E-state index contributed by atoms with van der Waals surface area (Å²) in [6.45, 7) is 2.90. The third kappa shape index (κ3) is 3.29. The molecule has 0 bridgehead atoms. The van der Waals surface area contributed by atoms with E-state index in [1.165, 1.54) is 21.6 Å². The third-order valence-corrected chi connectivity index (χ3v) is 5.16. The molecule has 5 heteroatoms. The zero-order valence-corrected chi connectivity index (χ0v) is 13.7. The van der Waals surface area contributed by atoms with Gasteiger partial charge in [-0.05, 0) is 60.6 Å².